The lowest BCUT2D eigenvalue weighted by molar-refractivity contribution is -0.936. The van der Waals surface area contributed by atoms with Crippen molar-refractivity contribution in [2.45, 2.75) is 25.0 Å². The molecule has 3 aliphatic rings. The van der Waals surface area contributed by atoms with E-state index in [1.54, 1.807) is 12.1 Å². The first-order chi connectivity index (χ1) is 17.4. The Balaban J connectivity index is 0.00000320. The molecule has 37 heavy (non-hydrogen) atoms. The smallest absolute Gasteiger partial charge is 0.408 e. The van der Waals surface area contributed by atoms with Crippen LogP contribution in [0.5, 0.6) is 0 Å². The van der Waals surface area contributed by atoms with E-state index in [0.29, 0.717) is 40.2 Å². The summed E-state index contributed by atoms with van der Waals surface area (Å²) in [6.07, 6.45) is 0.245. The minimum Gasteiger partial charge on any atom is -1.00 e. The van der Waals surface area contributed by atoms with Crippen LogP contribution < -0.4 is 17.7 Å². The first kappa shape index (κ1) is 26.8. The number of halogens is 3. The van der Waals surface area contributed by atoms with Crippen molar-refractivity contribution in [2.24, 2.45) is 5.92 Å². The summed E-state index contributed by atoms with van der Waals surface area (Å²) in [5.74, 6) is -0.518. The summed E-state index contributed by atoms with van der Waals surface area (Å²) in [6.45, 7) is 2.87. The number of alkyl carbamates (subject to hydrolysis) is 1. The van der Waals surface area contributed by atoms with E-state index in [4.69, 9.17) is 4.74 Å². The second-order valence-electron chi connectivity index (χ2n) is 9.90. The van der Waals surface area contributed by atoms with Gasteiger partial charge in [-0.05, 0) is 41.3 Å². The number of rotatable bonds is 7. The van der Waals surface area contributed by atoms with Crippen molar-refractivity contribution in [2.75, 3.05) is 26.2 Å². The maximum absolute atomic E-state index is 13.9. The van der Waals surface area contributed by atoms with Crippen LogP contribution in [0.3, 0.4) is 0 Å². The van der Waals surface area contributed by atoms with Gasteiger partial charge in [-0.15, -0.1) is 0 Å². The van der Waals surface area contributed by atoms with E-state index in [0.717, 1.165) is 25.9 Å². The van der Waals surface area contributed by atoms with Crippen molar-refractivity contribution < 1.29 is 40.0 Å². The molecule has 0 radical (unpaired) electrons. The van der Waals surface area contributed by atoms with Gasteiger partial charge in [0.2, 0.25) is 5.78 Å². The Bertz CT molecular complexity index is 1200. The van der Waals surface area contributed by atoms with Gasteiger partial charge in [-0.3, -0.25) is 4.79 Å². The summed E-state index contributed by atoms with van der Waals surface area (Å²) >= 11 is 0. The van der Waals surface area contributed by atoms with Gasteiger partial charge in [0.1, 0.15) is 18.2 Å². The first-order valence-corrected chi connectivity index (χ1v) is 12.3. The number of nitrogens with zero attached hydrogens (tertiary/aromatic N) is 1. The summed E-state index contributed by atoms with van der Waals surface area (Å²) in [4.78, 5) is 26.0. The number of ether oxygens (including phenoxy) is 1. The molecule has 2 bridgehead atoms. The number of hydrogen-bond donors (Lipinski definition) is 1. The number of benzene rings is 3. The average Bonchev–Trinajstić information content (AvgIpc) is 2.88. The first-order valence-electron chi connectivity index (χ1n) is 12.3. The van der Waals surface area contributed by atoms with Gasteiger partial charge in [-0.1, -0.05) is 54.6 Å². The molecule has 0 saturated carbocycles. The summed E-state index contributed by atoms with van der Waals surface area (Å²) in [5, 5.41) is 3.01. The van der Waals surface area contributed by atoms with Crippen molar-refractivity contribution in [3.8, 4) is 0 Å². The van der Waals surface area contributed by atoms with E-state index >= 15 is 0 Å². The Labute approximate surface area is 221 Å². The molecule has 1 amide bonds. The van der Waals surface area contributed by atoms with Gasteiger partial charge < -0.3 is 26.9 Å². The predicted molar refractivity (Wildman–Crippen MR) is 131 cm³/mol. The van der Waals surface area contributed by atoms with Crippen molar-refractivity contribution in [1.82, 2.24) is 5.32 Å². The van der Waals surface area contributed by atoms with Crippen molar-refractivity contribution in [3.63, 3.8) is 0 Å². The monoisotopic (exact) mass is 526 g/mol. The number of piperidine rings is 3. The lowest BCUT2D eigenvalue weighted by Crippen LogP contribution is -3.00. The lowest BCUT2D eigenvalue weighted by atomic mass is 9.81. The van der Waals surface area contributed by atoms with E-state index in [1.165, 1.54) is 36.4 Å². The van der Waals surface area contributed by atoms with Crippen LogP contribution in [0, 0.1) is 17.6 Å². The molecule has 3 fully saturated rings. The van der Waals surface area contributed by atoms with Gasteiger partial charge in [0, 0.05) is 18.4 Å². The highest BCUT2D eigenvalue weighted by atomic mass is 35.5. The van der Waals surface area contributed by atoms with Crippen LogP contribution in [0.1, 0.15) is 40.4 Å². The topological polar surface area (TPSA) is 55.4 Å². The molecule has 8 heteroatoms. The van der Waals surface area contributed by atoms with Crippen molar-refractivity contribution >= 4 is 11.9 Å². The number of quaternary nitrogens is 1. The van der Waals surface area contributed by atoms with Crippen molar-refractivity contribution in [3.05, 3.63) is 107 Å². The number of carbonyl (C=O) groups is 2. The standard InChI is InChI=1S/C29H28F2N2O3.ClH/c30-24-10-4-8-22(16-24)28(23-9-5-11-25(31)17-23)36-29(35)32-26-18-33(14-12-20(26)13-15-33)19-27(34)21-6-2-1-3-7-21;/h1-11,16-17,20,26,28H,12-15,18-19H2;1H. The maximum atomic E-state index is 13.9. The molecule has 0 spiro atoms. The van der Waals surface area contributed by atoms with E-state index in [1.807, 2.05) is 30.3 Å². The van der Waals surface area contributed by atoms with Gasteiger partial charge in [-0.25, -0.2) is 13.6 Å². The van der Waals surface area contributed by atoms with E-state index < -0.39 is 23.8 Å². The molecular weight excluding hydrogens is 498 g/mol. The molecule has 0 aromatic heterocycles. The largest absolute Gasteiger partial charge is 1.00 e. The Morgan fingerprint density at radius 3 is 2.05 bits per heavy atom. The molecular formula is C29H29ClF2N2O3. The van der Waals surface area contributed by atoms with Crippen LogP contribution in [-0.4, -0.2) is 48.6 Å². The van der Waals surface area contributed by atoms with Crippen LogP contribution in [-0.2, 0) is 4.74 Å². The Hall–Kier alpha value is -3.29. The average molecular weight is 527 g/mol. The van der Waals surface area contributed by atoms with Gasteiger partial charge in [-0.2, -0.15) is 0 Å². The van der Waals surface area contributed by atoms with Gasteiger partial charge in [0.15, 0.2) is 6.10 Å². The van der Waals surface area contributed by atoms with Crippen LogP contribution in [0.15, 0.2) is 78.9 Å². The van der Waals surface area contributed by atoms with Crippen molar-refractivity contribution in [1.29, 1.82) is 0 Å². The zero-order valence-electron chi connectivity index (χ0n) is 20.3. The molecule has 1 unspecified atom stereocenters. The highest BCUT2D eigenvalue weighted by Gasteiger charge is 2.47. The predicted octanol–water partition coefficient (Wildman–Crippen LogP) is 2.28. The second-order valence-corrected chi connectivity index (χ2v) is 9.90. The number of amides is 1. The molecule has 5 nitrogen and oxygen atoms in total. The van der Waals surface area contributed by atoms with Crippen LogP contribution >= 0.6 is 0 Å². The molecule has 194 valence electrons. The normalized spacial score (nSPS) is 22.2. The summed E-state index contributed by atoms with van der Waals surface area (Å²) in [5.41, 5.74) is 1.54. The van der Waals surface area contributed by atoms with Crippen LogP contribution in [0.25, 0.3) is 0 Å². The van der Waals surface area contributed by atoms with E-state index in [-0.39, 0.29) is 24.2 Å². The lowest BCUT2D eigenvalue weighted by Gasteiger charge is -2.52. The Morgan fingerprint density at radius 2 is 1.49 bits per heavy atom. The molecule has 1 N–H and O–H groups in total. The number of hydrogen-bond acceptors (Lipinski definition) is 3. The summed E-state index contributed by atoms with van der Waals surface area (Å²) in [7, 11) is 0. The van der Waals surface area contributed by atoms with E-state index in [9.17, 15) is 18.4 Å². The quantitative estimate of drug-likeness (QED) is 0.380. The SMILES string of the molecule is O=C(NC1C[N+]2(CC(=O)c3ccccc3)CCC1CC2)OC(c1cccc(F)c1)c1cccc(F)c1.[Cl-]. The van der Waals surface area contributed by atoms with Gasteiger partial charge in [0.05, 0.1) is 25.7 Å². The van der Waals surface area contributed by atoms with Crippen LogP contribution in [0.2, 0.25) is 0 Å². The molecule has 3 aromatic carbocycles. The molecule has 3 aromatic rings. The fourth-order valence-electron chi connectivity index (χ4n) is 5.65. The molecule has 6 rings (SSSR count). The summed E-state index contributed by atoms with van der Waals surface area (Å²) < 4.78 is 34.3. The molecule has 3 aliphatic heterocycles. The van der Waals surface area contributed by atoms with Gasteiger partial charge >= 0.3 is 6.09 Å². The minimum atomic E-state index is -0.958. The highest BCUT2D eigenvalue weighted by Crippen LogP contribution is 2.35. The number of fused-ring (bicyclic) bond motifs is 3. The number of carbonyl (C=O) groups excluding carboxylic acids is 2. The zero-order valence-corrected chi connectivity index (χ0v) is 21.0. The molecule has 3 saturated heterocycles. The highest BCUT2D eigenvalue weighted by molar-refractivity contribution is 5.96. The Morgan fingerprint density at radius 1 is 0.892 bits per heavy atom. The fourth-order valence-corrected chi connectivity index (χ4v) is 5.65. The third-order valence-electron chi connectivity index (χ3n) is 7.51. The Kier molecular flexibility index (Phi) is 8.25. The third kappa shape index (κ3) is 6.17. The fraction of sp³-hybridized carbons (Fsp3) is 0.310. The number of nitrogens with one attached hydrogen (secondary N) is 1. The second kappa shape index (κ2) is 11.4. The van der Waals surface area contributed by atoms with Crippen LogP contribution in [0.4, 0.5) is 13.6 Å². The molecule has 3 heterocycles. The third-order valence-corrected chi connectivity index (χ3v) is 7.51. The zero-order chi connectivity index (χ0) is 25.1. The number of ketones is 1. The van der Waals surface area contributed by atoms with Gasteiger partial charge in [0.25, 0.3) is 0 Å². The number of Topliss-reactive ketones (excluding diaryl/α,β-unsaturated/α-hetero) is 1. The maximum Gasteiger partial charge on any atom is 0.408 e. The molecule has 0 aliphatic carbocycles. The summed E-state index contributed by atoms with van der Waals surface area (Å²) in [6, 6.07) is 20.7. The molecule has 1 atom stereocenters. The minimum absolute atomic E-state index is 0. The van der Waals surface area contributed by atoms with E-state index in [2.05, 4.69) is 5.32 Å².